The summed E-state index contributed by atoms with van der Waals surface area (Å²) in [5, 5.41) is 9.69. The van der Waals surface area contributed by atoms with E-state index in [4.69, 9.17) is 21.4 Å². The monoisotopic (exact) mass is 256 g/mol. The molecule has 0 aromatic heterocycles. The Morgan fingerprint density at radius 3 is 2.41 bits per heavy atom. The minimum atomic E-state index is -0.930. The number of ether oxygens (including phenoxy) is 1. The van der Waals surface area contributed by atoms with Crippen LogP contribution in [0.25, 0.3) is 0 Å². The van der Waals surface area contributed by atoms with E-state index in [0.717, 1.165) is 5.56 Å². The molecule has 94 valence electrons. The molecule has 1 N–H and O–H groups in total. The Morgan fingerprint density at radius 2 is 1.94 bits per heavy atom. The Labute approximate surface area is 106 Å². The molecular weight excluding hydrogens is 240 g/mol. The van der Waals surface area contributed by atoms with Crippen molar-refractivity contribution in [2.75, 3.05) is 6.61 Å². The summed E-state index contributed by atoms with van der Waals surface area (Å²) < 4.78 is 5.37. The van der Waals surface area contributed by atoms with Gasteiger partial charge in [-0.2, -0.15) is 0 Å². The number of rotatable bonds is 6. The lowest BCUT2D eigenvalue weighted by Crippen LogP contribution is -2.27. The Bertz CT molecular complexity index is 359. The Kier molecular flexibility index (Phi) is 5.45. The summed E-state index contributed by atoms with van der Waals surface area (Å²) in [6, 6.07) is 7.13. The van der Waals surface area contributed by atoms with Crippen molar-refractivity contribution in [1.29, 1.82) is 0 Å². The quantitative estimate of drug-likeness (QED) is 0.851. The number of carboxylic acid groups (broad SMARTS) is 1. The SMILES string of the molecule is CC(C)CO[C@@H](Cc1ccc(Cl)cc1)C(=O)O. The van der Waals surface area contributed by atoms with E-state index in [9.17, 15) is 4.79 Å². The van der Waals surface area contributed by atoms with E-state index in [1.165, 1.54) is 0 Å². The molecule has 0 aliphatic carbocycles. The summed E-state index contributed by atoms with van der Waals surface area (Å²) in [6.45, 7) is 4.42. The van der Waals surface area contributed by atoms with Gasteiger partial charge < -0.3 is 9.84 Å². The van der Waals surface area contributed by atoms with Gasteiger partial charge in [-0.15, -0.1) is 0 Å². The summed E-state index contributed by atoms with van der Waals surface area (Å²) in [4.78, 5) is 11.0. The first-order chi connectivity index (χ1) is 7.99. The van der Waals surface area contributed by atoms with Gasteiger partial charge in [0.1, 0.15) is 0 Å². The molecule has 0 unspecified atom stereocenters. The second-order valence-corrected chi connectivity index (χ2v) is 4.82. The lowest BCUT2D eigenvalue weighted by atomic mass is 10.1. The van der Waals surface area contributed by atoms with E-state index >= 15 is 0 Å². The summed E-state index contributed by atoms with van der Waals surface area (Å²) in [5.41, 5.74) is 0.908. The van der Waals surface area contributed by atoms with Crippen LogP contribution < -0.4 is 0 Å². The van der Waals surface area contributed by atoms with Crippen molar-refractivity contribution in [1.82, 2.24) is 0 Å². The van der Waals surface area contributed by atoms with Crippen molar-refractivity contribution in [3.8, 4) is 0 Å². The first-order valence-corrected chi connectivity index (χ1v) is 5.95. The third-order valence-corrected chi connectivity index (χ3v) is 2.49. The van der Waals surface area contributed by atoms with Crippen molar-refractivity contribution in [3.05, 3.63) is 34.9 Å². The van der Waals surface area contributed by atoms with Gasteiger partial charge in [0.25, 0.3) is 0 Å². The third-order valence-electron chi connectivity index (χ3n) is 2.24. The van der Waals surface area contributed by atoms with Gasteiger partial charge in [-0.05, 0) is 23.6 Å². The molecule has 0 heterocycles. The number of hydrogen-bond donors (Lipinski definition) is 1. The van der Waals surface area contributed by atoms with Gasteiger partial charge in [-0.3, -0.25) is 0 Å². The molecule has 1 rings (SSSR count). The number of carbonyl (C=O) groups is 1. The zero-order valence-electron chi connectivity index (χ0n) is 10.0. The van der Waals surface area contributed by atoms with Crippen molar-refractivity contribution in [2.45, 2.75) is 26.4 Å². The van der Waals surface area contributed by atoms with Crippen LogP contribution in [-0.2, 0) is 16.0 Å². The summed E-state index contributed by atoms with van der Waals surface area (Å²) in [7, 11) is 0. The van der Waals surface area contributed by atoms with Crippen LogP contribution in [0, 0.1) is 5.92 Å². The Balaban J connectivity index is 2.60. The van der Waals surface area contributed by atoms with Crippen molar-refractivity contribution in [3.63, 3.8) is 0 Å². The maximum atomic E-state index is 11.0. The van der Waals surface area contributed by atoms with E-state index in [2.05, 4.69) is 0 Å². The fourth-order valence-electron chi connectivity index (χ4n) is 1.36. The first kappa shape index (κ1) is 14.0. The van der Waals surface area contributed by atoms with Crippen LogP contribution in [0.2, 0.25) is 5.02 Å². The van der Waals surface area contributed by atoms with Gasteiger partial charge in [0.05, 0.1) is 6.61 Å². The molecule has 3 nitrogen and oxygen atoms in total. The number of halogens is 1. The van der Waals surface area contributed by atoms with Gasteiger partial charge in [0.2, 0.25) is 0 Å². The molecule has 0 fully saturated rings. The van der Waals surface area contributed by atoms with E-state index < -0.39 is 12.1 Å². The molecule has 0 aliphatic rings. The molecule has 0 saturated carbocycles. The maximum absolute atomic E-state index is 11.0. The molecule has 0 radical (unpaired) electrons. The van der Waals surface area contributed by atoms with Gasteiger partial charge >= 0.3 is 5.97 Å². The van der Waals surface area contributed by atoms with Gasteiger partial charge in [-0.25, -0.2) is 4.79 Å². The van der Waals surface area contributed by atoms with Crippen molar-refractivity contribution < 1.29 is 14.6 Å². The molecule has 0 aliphatic heterocycles. The first-order valence-electron chi connectivity index (χ1n) is 5.58. The van der Waals surface area contributed by atoms with Crippen LogP contribution >= 0.6 is 11.6 Å². The highest BCUT2D eigenvalue weighted by Crippen LogP contribution is 2.13. The van der Waals surface area contributed by atoms with Gasteiger partial charge in [-0.1, -0.05) is 37.6 Å². The molecule has 17 heavy (non-hydrogen) atoms. The number of carboxylic acids is 1. The van der Waals surface area contributed by atoms with Crippen LogP contribution in [0.3, 0.4) is 0 Å². The molecular formula is C13H17ClO3. The lowest BCUT2D eigenvalue weighted by molar-refractivity contribution is -0.150. The standard InChI is InChI=1S/C13H17ClO3/c1-9(2)8-17-12(13(15)16)7-10-3-5-11(14)6-4-10/h3-6,9,12H,7-8H2,1-2H3,(H,15,16)/t12-/m0/s1. The zero-order chi connectivity index (χ0) is 12.8. The molecule has 4 heteroatoms. The Hall–Kier alpha value is -1.06. The largest absolute Gasteiger partial charge is 0.479 e. The molecule has 0 bridgehead atoms. The summed E-state index contributed by atoms with van der Waals surface area (Å²) in [6.07, 6.45) is -0.433. The Morgan fingerprint density at radius 1 is 1.35 bits per heavy atom. The highest BCUT2D eigenvalue weighted by Gasteiger charge is 2.18. The summed E-state index contributed by atoms with van der Waals surface area (Å²) >= 11 is 5.77. The number of hydrogen-bond acceptors (Lipinski definition) is 2. The predicted molar refractivity (Wildman–Crippen MR) is 67.4 cm³/mol. The molecule has 0 saturated heterocycles. The van der Waals surface area contributed by atoms with E-state index in [-0.39, 0.29) is 0 Å². The van der Waals surface area contributed by atoms with Crippen LogP contribution in [0.15, 0.2) is 24.3 Å². The smallest absolute Gasteiger partial charge is 0.333 e. The minimum absolute atomic E-state index is 0.321. The fraction of sp³-hybridized carbons (Fsp3) is 0.462. The fourth-order valence-corrected chi connectivity index (χ4v) is 1.49. The zero-order valence-corrected chi connectivity index (χ0v) is 10.8. The molecule has 1 atom stereocenters. The molecule has 0 spiro atoms. The molecule has 1 aromatic rings. The highest BCUT2D eigenvalue weighted by molar-refractivity contribution is 6.30. The average Bonchev–Trinajstić information content (AvgIpc) is 2.26. The average molecular weight is 257 g/mol. The van der Waals surface area contributed by atoms with Crippen molar-refractivity contribution in [2.24, 2.45) is 5.92 Å². The van der Waals surface area contributed by atoms with E-state index in [1.807, 2.05) is 26.0 Å². The van der Waals surface area contributed by atoms with Gasteiger partial charge in [0.15, 0.2) is 6.10 Å². The number of aliphatic carboxylic acids is 1. The van der Waals surface area contributed by atoms with Crippen LogP contribution in [0.1, 0.15) is 19.4 Å². The topological polar surface area (TPSA) is 46.5 Å². The van der Waals surface area contributed by atoms with Gasteiger partial charge in [0, 0.05) is 11.4 Å². The lowest BCUT2D eigenvalue weighted by Gasteiger charge is -2.15. The maximum Gasteiger partial charge on any atom is 0.333 e. The second kappa shape index (κ2) is 6.62. The summed E-state index contributed by atoms with van der Waals surface area (Å²) in [5.74, 6) is -0.609. The second-order valence-electron chi connectivity index (χ2n) is 4.38. The third kappa shape index (κ3) is 5.20. The number of benzene rings is 1. The predicted octanol–water partition coefficient (Wildman–Crippen LogP) is 3.01. The van der Waals surface area contributed by atoms with Crippen LogP contribution in [0.5, 0.6) is 0 Å². The van der Waals surface area contributed by atoms with Crippen LogP contribution in [-0.4, -0.2) is 23.8 Å². The highest BCUT2D eigenvalue weighted by atomic mass is 35.5. The molecule has 1 aromatic carbocycles. The van der Waals surface area contributed by atoms with Crippen molar-refractivity contribution >= 4 is 17.6 Å². The van der Waals surface area contributed by atoms with Crippen LogP contribution in [0.4, 0.5) is 0 Å². The molecule has 0 amide bonds. The van der Waals surface area contributed by atoms with E-state index in [0.29, 0.717) is 24.0 Å². The normalized spacial score (nSPS) is 12.7. The minimum Gasteiger partial charge on any atom is -0.479 e. The van der Waals surface area contributed by atoms with E-state index in [1.54, 1.807) is 12.1 Å².